The van der Waals surface area contributed by atoms with Gasteiger partial charge in [-0.2, -0.15) is 0 Å². The standard InChI is InChI=1S/C16H25NO2/c1-4-17(13-14-9-6-5-7-10-14)12-8-11-16(2,3)15(18)19/h5-7,9-10H,4,8,11-13H2,1-3H3,(H,18,19). The molecule has 0 unspecified atom stereocenters. The smallest absolute Gasteiger partial charge is 0.309 e. The van der Waals surface area contributed by atoms with E-state index in [1.165, 1.54) is 5.56 Å². The molecule has 1 aromatic carbocycles. The average molecular weight is 263 g/mol. The predicted octanol–water partition coefficient (Wildman–Crippen LogP) is 3.40. The summed E-state index contributed by atoms with van der Waals surface area (Å²) >= 11 is 0. The first-order chi connectivity index (χ1) is 8.95. The highest BCUT2D eigenvalue weighted by Crippen LogP contribution is 2.22. The number of carboxylic acid groups (broad SMARTS) is 1. The fourth-order valence-corrected chi connectivity index (χ4v) is 2.04. The van der Waals surface area contributed by atoms with Gasteiger partial charge < -0.3 is 5.11 Å². The third-order valence-electron chi connectivity index (χ3n) is 3.55. The number of rotatable bonds is 8. The zero-order valence-electron chi connectivity index (χ0n) is 12.2. The van der Waals surface area contributed by atoms with Crippen molar-refractivity contribution < 1.29 is 9.90 Å². The van der Waals surface area contributed by atoms with Crippen LogP contribution in [0.15, 0.2) is 30.3 Å². The number of hydrogen-bond donors (Lipinski definition) is 1. The van der Waals surface area contributed by atoms with Gasteiger partial charge in [-0.05, 0) is 45.3 Å². The van der Waals surface area contributed by atoms with Crippen LogP contribution in [0, 0.1) is 5.41 Å². The fourth-order valence-electron chi connectivity index (χ4n) is 2.04. The number of carboxylic acids is 1. The van der Waals surface area contributed by atoms with Gasteiger partial charge in [-0.1, -0.05) is 37.3 Å². The summed E-state index contributed by atoms with van der Waals surface area (Å²) in [5, 5.41) is 9.09. The van der Waals surface area contributed by atoms with E-state index in [0.29, 0.717) is 6.42 Å². The van der Waals surface area contributed by atoms with E-state index in [1.54, 1.807) is 13.8 Å². The van der Waals surface area contributed by atoms with Crippen molar-refractivity contribution in [3.63, 3.8) is 0 Å². The maximum atomic E-state index is 11.0. The van der Waals surface area contributed by atoms with Crippen LogP contribution in [0.1, 0.15) is 39.2 Å². The summed E-state index contributed by atoms with van der Waals surface area (Å²) < 4.78 is 0. The SMILES string of the molecule is CCN(CCCC(C)(C)C(=O)O)Cc1ccccc1. The molecule has 0 atom stereocenters. The van der Waals surface area contributed by atoms with Crippen molar-refractivity contribution in [1.82, 2.24) is 4.90 Å². The van der Waals surface area contributed by atoms with Crippen LogP contribution < -0.4 is 0 Å². The molecular formula is C16H25NO2. The highest BCUT2D eigenvalue weighted by atomic mass is 16.4. The lowest BCUT2D eigenvalue weighted by Gasteiger charge is -2.23. The van der Waals surface area contributed by atoms with E-state index >= 15 is 0 Å². The summed E-state index contributed by atoms with van der Waals surface area (Å²) in [6.45, 7) is 8.60. The Morgan fingerprint density at radius 1 is 1.26 bits per heavy atom. The van der Waals surface area contributed by atoms with Crippen molar-refractivity contribution in [3.05, 3.63) is 35.9 Å². The molecular weight excluding hydrogens is 238 g/mol. The van der Waals surface area contributed by atoms with Crippen molar-refractivity contribution in [3.8, 4) is 0 Å². The molecule has 1 N–H and O–H groups in total. The summed E-state index contributed by atoms with van der Waals surface area (Å²) in [6, 6.07) is 10.4. The third kappa shape index (κ3) is 5.43. The Bertz CT molecular complexity index is 387. The number of aliphatic carboxylic acids is 1. The molecule has 3 heteroatoms. The van der Waals surface area contributed by atoms with Crippen molar-refractivity contribution in [2.24, 2.45) is 5.41 Å². The topological polar surface area (TPSA) is 40.5 Å². The molecule has 0 spiro atoms. The molecule has 0 saturated heterocycles. The molecule has 0 fully saturated rings. The molecule has 106 valence electrons. The van der Waals surface area contributed by atoms with E-state index in [0.717, 1.165) is 26.1 Å². The molecule has 0 radical (unpaired) electrons. The molecule has 0 aromatic heterocycles. The summed E-state index contributed by atoms with van der Waals surface area (Å²) in [5.74, 6) is -0.710. The third-order valence-corrected chi connectivity index (χ3v) is 3.55. The summed E-state index contributed by atoms with van der Waals surface area (Å²) in [5.41, 5.74) is 0.688. The first-order valence-electron chi connectivity index (χ1n) is 6.95. The van der Waals surface area contributed by atoms with Crippen LogP contribution in [0.25, 0.3) is 0 Å². The van der Waals surface area contributed by atoms with Gasteiger partial charge >= 0.3 is 5.97 Å². The first kappa shape index (κ1) is 15.7. The zero-order valence-corrected chi connectivity index (χ0v) is 12.2. The van der Waals surface area contributed by atoms with Crippen molar-refractivity contribution in [2.75, 3.05) is 13.1 Å². The lowest BCUT2D eigenvalue weighted by Crippen LogP contribution is -2.28. The molecule has 0 bridgehead atoms. The van der Waals surface area contributed by atoms with Crippen LogP contribution in [-0.4, -0.2) is 29.1 Å². The molecule has 0 aliphatic heterocycles. The number of carbonyl (C=O) groups is 1. The van der Waals surface area contributed by atoms with Crippen molar-refractivity contribution >= 4 is 5.97 Å². The summed E-state index contributed by atoms with van der Waals surface area (Å²) in [6.07, 6.45) is 1.63. The Balaban J connectivity index is 2.40. The molecule has 1 rings (SSSR count). The Morgan fingerprint density at radius 2 is 1.89 bits per heavy atom. The normalized spacial score (nSPS) is 11.8. The van der Waals surface area contributed by atoms with Gasteiger partial charge in [0.05, 0.1) is 5.41 Å². The Hall–Kier alpha value is -1.35. The average Bonchev–Trinajstić information content (AvgIpc) is 2.38. The molecule has 3 nitrogen and oxygen atoms in total. The van der Waals surface area contributed by atoms with Crippen LogP contribution in [0.5, 0.6) is 0 Å². The molecule has 0 amide bonds. The second-order valence-corrected chi connectivity index (χ2v) is 5.65. The zero-order chi connectivity index (χ0) is 14.3. The molecule has 0 saturated carbocycles. The van der Waals surface area contributed by atoms with Crippen LogP contribution in [0.4, 0.5) is 0 Å². The molecule has 19 heavy (non-hydrogen) atoms. The molecule has 1 aromatic rings. The fraction of sp³-hybridized carbons (Fsp3) is 0.562. The number of benzene rings is 1. The molecule has 0 aliphatic carbocycles. The highest BCUT2D eigenvalue weighted by molar-refractivity contribution is 5.73. The van der Waals surface area contributed by atoms with Crippen LogP contribution in [0.3, 0.4) is 0 Å². The Morgan fingerprint density at radius 3 is 2.42 bits per heavy atom. The maximum Gasteiger partial charge on any atom is 0.309 e. The van der Waals surface area contributed by atoms with Gasteiger partial charge in [0.2, 0.25) is 0 Å². The van der Waals surface area contributed by atoms with Gasteiger partial charge in [0.15, 0.2) is 0 Å². The van der Waals surface area contributed by atoms with Crippen molar-refractivity contribution in [1.29, 1.82) is 0 Å². The van der Waals surface area contributed by atoms with Crippen LogP contribution in [-0.2, 0) is 11.3 Å². The lowest BCUT2D eigenvalue weighted by molar-refractivity contribution is -0.147. The van der Waals surface area contributed by atoms with Crippen molar-refractivity contribution in [2.45, 2.75) is 40.2 Å². The van der Waals surface area contributed by atoms with E-state index in [2.05, 4.69) is 36.1 Å². The van der Waals surface area contributed by atoms with E-state index in [-0.39, 0.29) is 0 Å². The van der Waals surface area contributed by atoms with E-state index < -0.39 is 11.4 Å². The maximum absolute atomic E-state index is 11.0. The van der Waals surface area contributed by atoms with E-state index in [9.17, 15) is 4.79 Å². The lowest BCUT2D eigenvalue weighted by atomic mass is 9.88. The van der Waals surface area contributed by atoms with Gasteiger partial charge in [-0.15, -0.1) is 0 Å². The largest absolute Gasteiger partial charge is 0.481 e. The van der Waals surface area contributed by atoms with E-state index in [1.807, 2.05) is 6.07 Å². The number of hydrogen-bond acceptors (Lipinski definition) is 2. The highest BCUT2D eigenvalue weighted by Gasteiger charge is 2.26. The Labute approximate surface area is 116 Å². The minimum Gasteiger partial charge on any atom is -0.481 e. The van der Waals surface area contributed by atoms with Gasteiger partial charge in [0.25, 0.3) is 0 Å². The van der Waals surface area contributed by atoms with Gasteiger partial charge in [0, 0.05) is 6.54 Å². The van der Waals surface area contributed by atoms with Gasteiger partial charge in [0.1, 0.15) is 0 Å². The first-order valence-corrected chi connectivity index (χ1v) is 6.95. The second-order valence-electron chi connectivity index (χ2n) is 5.65. The minimum absolute atomic E-state index is 0.619. The van der Waals surface area contributed by atoms with Gasteiger partial charge in [-0.3, -0.25) is 9.69 Å². The van der Waals surface area contributed by atoms with Crippen LogP contribution >= 0.6 is 0 Å². The predicted molar refractivity (Wildman–Crippen MR) is 78.0 cm³/mol. The molecule has 0 aliphatic rings. The van der Waals surface area contributed by atoms with Gasteiger partial charge in [-0.25, -0.2) is 0 Å². The summed E-state index contributed by atoms with van der Waals surface area (Å²) in [7, 11) is 0. The monoisotopic (exact) mass is 263 g/mol. The quantitative estimate of drug-likeness (QED) is 0.781. The molecule has 0 heterocycles. The second kappa shape index (κ2) is 7.29. The minimum atomic E-state index is -0.710. The van der Waals surface area contributed by atoms with E-state index in [4.69, 9.17) is 5.11 Å². The number of nitrogens with zero attached hydrogens (tertiary/aromatic N) is 1. The Kier molecular flexibility index (Phi) is 6.03. The summed E-state index contributed by atoms with van der Waals surface area (Å²) in [4.78, 5) is 13.4. The van der Waals surface area contributed by atoms with Crippen LogP contribution in [0.2, 0.25) is 0 Å².